The van der Waals surface area contributed by atoms with Gasteiger partial charge in [0.05, 0.1) is 16.7 Å². The number of thioether (sulfide) groups is 1. The Labute approximate surface area is 187 Å². The smallest absolute Gasteiger partial charge is 0.251 e. The van der Waals surface area contributed by atoms with Crippen molar-refractivity contribution in [2.45, 2.75) is 37.5 Å². The second-order valence-electron chi connectivity index (χ2n) is 7.03. The summed E-state index contributed by atoms with van der Waals surface area (Å²) in [6, 6.07) is 18.4. The van der Waals surface area contributed by atoms with Gasteiger partial charge in [0.2, 0.25) is 0 Å². The standard InChI is InChI=1S/C24H29N3OS2/c1-4-27(5-2)23(19-9-7-6-8-10-19)15-25-24(28)20-11-13-22(14-12-20)30-17-21-16-29-18(3)26-21/h6-14,16,23H,4-5,15,17H2,1-3H3,(H,25,28). The number of rotatable bonds is 10. The first-order valence-corrected chi connectivity index (χ1v) is 12.2. The summed E-state index contributed by atoms with van der Waals surface area (Å²) in [5.74, 6) is 0.813. The highest BCUT2D eigenvalue weighted by atomic mass is 32.2. The molecule has 6 heteroatoms. The molecule has 1 amide bonds. The van der Waals surface area contributed by atoms with Crippen molar-refractivity contribution in [3.63, 3.8) is 0 Å². The molecule has 2 aromatic carbocycles. The van der Waals surface area contributed by atoms with E-state index in [0.29, 0.717) is 12.1 Å². The predicted molar refractivity (Wildman–Crippen MR) is 127 cm³/mol. The number of amides is 1. The van der Waals surface area contributed by atoms with Crippen molar-refractivity contribution in [2.24, 2.45) is 0 Å². The highest BCUT2D eigenvalue weighted by molar-refractivity contribution is 7.98. The molecule has 1 heterocycles. The largest absolute Gasteiger partial charge is 0.350 e. The molecule has 0 aliphatic rings. The van der Waals surface area contributed by atoms with E-state index in [9.17, 15) is 4.79 Å². The van der Waals surface area contributed by atoms with Gasteiger partial charge < -0.3 is 5.32 Å². The van der Waals surface area contributed by atoms with E-state index >= 15 is 0 Å². The fraction of sp³-hybridized carbons (Fsp3) is 0.333. The zero-order valence-electron chi connectivity index (χ0n) is 17.8. The number of aromatic nitrogens is 1. The number of hydrogen-bond donors (Lipinski definition) is 1. The van der Waals surface area contributed by atoms with Crippen LogP contribution in [-0.4, -0.2) is 35.4 Å². The Balaban J connectivity index is 1.58. The summed E-state index contributed by atoms with van der Waals surface area (Å²) >= 11 is 3.41. The normalized spacial score (nSPS) is 12.1. The molecule has 158 valence electrons. The third-order valence-electron chi connectivity index (χ3n) is 5.06. The summed E-state index contributed by atoms with van der Waals surface area (Å²) in [7, 11) is 0. The Kier molecular flexibility index (Phi) is 8.49. The van der Waals surface area contributed by atoms with Gasteiger partial charge in [-0.05, 0) is 49.8 Å². The monoisotopic (exact) mass is 439 g/mol. The van der Waals surface area contributed by atoms with Gasteiger partial charge in [-0.1, -0.05) is 44.2 Å². The number of aryl methyl sites for hydroxylation is 1. The molecular formula is C24H29N3OS2. The van der Waals surface area contributed by atoms with Crippen molar-refractivity contribution in [1.29, 1.82) is 0 Å². The highest BCUT2D eigenvalue weighted by Gasteiger charge is 2.19. The minimum absolute atomic E-state index is 0.0326. The van der Waals surface area contributed by atoms with Gasteiger partial charge in [0, 0.05) is 28.1 Å². The Hall–Kier alpha value is -2.15. The Morgan fingerprint density at radius 2 is 1.80 bits per heavy atom. The van der Waals surface area contributed by atoms with Crippen molar-refractivity contribution in [2.75, 3.05) is 19.6 Å². The van der Waals surface area contributed by atoms with E-state index in [-0.39, 0.29) is 11.9 Å². The molecule has 3 aromatic rings. The van der Waals surface area contributed by atoms with Gasteiger partial charge in [0.15, 0.2) is 0 Å². The molecule has 0 bridgehead atoms. The molecule has 1 aromatic heterocycles. The molecule has 3 rings (SSSR count). The van der Waals surface area contributed by atoms with Gasteiger partial charge in [-0.3, -0.25) is 9.69 Å². The van der Waals surface area contributed by atoms with E-state index < -0.39 is 0 Å². The molecule has 1 N–H and O–H groups in total. The van der Waals surface area contributed by atoms with Crippen molar-refractivity contribution >= 4 is 29.0 Å². The average molecular weight is 440 g/mol. The maximum atomic E-state index is 12.7. The summed E-state index contributed by atoms with van der Waals surface area (Å²) in [5, 5.41) is 6.32. The molecule has 0 aliphatic carbocycles. The van der Waals surface area contributed by atoms with Gasteiger partial charge in [-0.15, -0.1) is 23.1 Å². The van der Waals surface area contributed by atoms with Gasteiger partial charge in [-0.25, -0.2) is 4.98 Å². The van der Waals surface area contributed by atoms with Crippen molar-refractivity contribution in [1.82, 2.24) is 15.2 Å². The van der Waals surface area contributed by atoms with Gasteiger partial charge >= 0.3 is 0 Å². The molecule has 1 atom stereocenters. The Morgan fingerprint density at radius 1 is 1.10 bits per heavy atom. The number of benzene rings is 2. The van der Waals surface area contributed by atoms with Crippen LogP contribution >= 0.6 is 23.1 Å². The fourth-order valence-electron chi connectivity index (χ4n) is 3.42. The van der Waals surface area contributed by atoms with Crippen LogP contribution in [0.4, 0.5) is 0 Å². The molecular weight excluding hydrogens is 410 g/mol. The predicted octanol–water partition coefficient (Wildman–Crippen LogP) is 5.56. The zero-order valence-corrected chi connectivity index (χ0v) is 19.4. The lowest BCUT2D eigenvalue weighted by molar-refractivity contribution is 0.0935. The summed E-state index contributed by atoms with van der Waals surface area (Å²) in [6.07, 6.45) is 0. The molecule has 1 unspecified atom stereocenters. The third-order valence-corrected chi connectivity index (χ3v) is 6.93. The number of nitrogens with zero attached hydrogens (tertiary/aromatic N) is 2. The molecule has 0 aliphatic heterocycles. The SMILES string of the molecule is CCN(CC)C(CNC(=O)c1ccc(SCc2csc(C)n2)cc1)c1ccccc1. The Morgan fingerprint density at radius 3 is 2.40 bits per heavy atom. The zero-order chi connectivity index (χ0) is 21.3. The van der Waals surface area contributed by atoms with Crippen LogP contribution in [0.25, 0.3) is 0 Å². The van der Waals surface area contributed by atoms with Gasteiger partial charge in [-0.2, -0.15) is 0 Å². The van der Waals surface area contributed by atoms with Crippen LogP contribution in [0.3, 0.4) is 0 Å². The number of carbonyl (C=O) groups is 1. The van der Waals surface area contributed by atoms with Crippen LogP contribution in [0.15, 0.2) is 64.9 Å². The molecule has 4 nitrogen and oxygen atoms in total. The molecule has 0 saturated carbocycles. The number of hydrogen-bond acceptors (Lipinski definition) is 5. The maximum absolute atomic E-state index is 12.7. The second kappa shape index (κ2) is 11.3. The summed E-state index contributed by atoms with van der Waals surface area (Å²) in [6.45, 7) is 8.81. The summed E-state index contributed by atoms with van der Waals surface area (Å²) in [5.41, 5.74) is 3.02. The first-order chi connectivity index (χ1) is 14.6. The second-order valence-corrected chi connectivity index (χ2v) is 9.14. The molecule has 0 saturated heterocycles. The minimum atomic E-state index is -0.0326. The van der Waals surface area contributed by atoms with E-state index in [1.807, 2.05) is 37.3 Å². The highest BCUT2D eigenvalue weighted by Crippen LogP contribution is 2.24. The minimum Gasteiger partial charge on any atom is -0.350 e. The topological polar surface area (TPSA) is 45.2 Å². The lowest BCUT2D eigenvalue weighted by Crippen LogP contribution is -2.38. The Bertz CT molecular complexity index is 921. The number of thiazole rings is 1. The summed E-state index contributed by atoms with van der Waals surface area (Å²) in [4.78, 5) is 20.7. The van der Waals surface area contributed by atoms with E-state index in [1.165, 1.54) is 5.56 Å². The molecule has 0 spiro atoms. The van der Waals surface area contributed by atoms with E-state index in [2.05, 4.69) is 58.7 Å². The number of nitrogens with one attached hydrogen (secondary N) is 1. The first-order valence-electron chi connectivity index (χ1n) is 10.3. The van der Waals surface area contributed by atoms with E-state index in [1.54, 1.807) is 23.1 Å². The fourth-order valence-corrected chi connectivity index (χ4v) is 4.93. The number of likely N-dealkylation sites (N-methyl/N-ethyl adjacent to an activating group) is 1. The van der Waals surface area contributed by atoms with Crippen LogP contribution in [0.2, 0.25) is 0 Å². The van der Waals surface area contributed by atoms with Crippen molar-refractivity contribution < 1.29 is 4.79 Å². The van der Waals surface area contributed by atoms with Crippen molar-refractivity contribution in [3.8, 4) is 0 Å². The van der Waals surface area contributed by atoms with Gasteiger partial charge in [0.25, 0.3) is 5.91 Å². The quantitative estimate of drug-likeness (QED) is 0.420. The van der Waals surface area contributed by atoms with Crippen LogP contribution in [0.1, 0.15) is 46.5 Å². The van der Waals surface area contributed by atoms with Crippen LogP contribution in [0.5, 0.6) is 0 Å². The lowest BCUT2D eigenvalue weighted by Gasteiger charge is -2.30. The van der Waals surface area contributed by atoms with Gasteiger partial charge in [0.1, 0.15) is 0 Å². The van der Waals surface area contributed by atoms with Crippen LogP contribution < -0.4 is 5.32 Å². The average Bonchev–Trinajstić information content (AvgIpc) is 3.21. The van der Waals surface area contributed by atoms with Crippen molar-refractivity contribution in [3.05, 3.63) is 81.8 Å². The van der Waals surface area contributed by atoms with Crippen LogP contribution in [-0.2, 0) is 5.75 Å². The molecule has 30 heavy (non-hydrogen) atoms. The maximum Gasteiger partial charge on any atom is 0.251 e. The molecule has 0 radical (unpaired) electrons. The third kappa shape index (κ3) is 6.17. The summed E-state index contributed by atoms with van der Waals surface area (Å²) < 4.78 is 0. The first kappa shape index (κ1) is 22.5. The van der Waals surface area contributed by atoms with E-state index in [4.69, 9.17) is 0 Å². The van der Waals surface area contributed by atoms with Crippen LogP contribution in [0, 0.1) is 6.92 Å². The number of carbonyl (C=O) groups excluding carboxylic acids is 1. The lowest BCUT2D eigenvalue weighted by atomic mass is 10.0. The molecule has 0 fully saturated rings. The van der Waals surface area contributed by atoms with E-state index in [0.717, 1.165) is 34.4 Å².